The fourth-order valence-corrected chi connectivity index (χ4v) is 2.89. The van der Waals surface area contributed by atoms with Crippen molar-refractivity contribution in [1.82, 2.24) is 0 Å². The number of alkyl halides is 1. The number of ether oxygens (including phenoxy) is 1. The number of halogens is 1. The van der Waals surface area contributed by atoms with Crippen molar-refractivity contribution in [2.24, 2.45) is 11.8 Å². The number of hydrogen-bond donors (Lipinski definition) is 0. The van der Waals surface area contributed by atoms with Crippen LogP contribution in [0.5, 0.6) is 0 Å². The first-order chi connectivity index (χ1) is 6.27. The molecule has 0 spiro atoms. The Bertz CT molecular complexity index is 167. The van der Waals surface area contributed by atoms with Gasteiger partial charge in [-0.25, -0.2) is 0 Å². The highest BCUT2D eigenvalue weighted by Gasteiger charge is 2.30. The lowest BCUT2D eigenvalue weighted by molar-refractivity contribution is 0.0365. The van der Waals surface area contributed by atoms with Gasteiger partial charge in [0, 0.05) is 11.4 Å². The molecule has 0 heterocycles. The summed E-state index contributed by atoms with van der Waals surface area (Å²) in [7, 11) is 0. The number of rotatable bonds is 4. The Hall–Kier alpha value is 0.440. The Labute approximate surface area is 89.4 Å². The molecule has 13 heavy (non-hydrogen) atoms. The lowest BCUT2D eigenvalue weighted by Crippen LogP contribution is -2.21. The second-order valence-electron chi connectivity index (χ2n) is 4.63. The molecule has 0 aromatic rings. The van der Waals surface area contributed by atoms with Gasteiger partial charge in [-0.2, -0.15) is 0 Å². The minimum Gasteiger partial charge on any atom is -0.377 e. The third-order valence-corrected chi connectivity index (χ3v) is 4.42. The lowest BCUT2D eigenvalue weighted by atomic mass is 10.1. The standard InChI is InChI=1S/C11H19BrO/c1-8(9-5-6-9)7-13-11-4-2-3-10(11)12/h8-11H,2-7H2,1H3. The van der Waals surface area contributed by atoms with Gasteiger partial charge in [-0.15, -0.1) is 0 Å². The topological polar surface area (TPSA) is 9.23 Å². The second-order valence-corrected chi connectivity index (χ2v) is 5.81. The van der Waals surface area contributed by atoms with Crippen LogP contribution >= 0.6 is 15.9 Å². The van der Waals surface area contributed by atoms with Crippen molar-refractivity contribution in [3.8, 4) is 0 Å². The lowest BCUT2D eigenvalue weighted by Gasteiger charge is -2.18. The summed E-state index contributed by atoms with van der Waals surface area (Å²) in [6, 6.07) is 0. The van der Waals surface area contributed by atoms with Crippen LogP contribution in [0.3, 0.4) is 0 Å². The Kier molecular flexibility index (Phi) is 3.31. The molecule has 0 saturated heterocycles. The fraction of sp³-hybridized carbons (Fsp3) is 1.00. The molecule has 0 aromatic carbocycles. The Morgan fingerprint density at radius 1 is 1.31 bits per heavy atom. The molecule has 1 nitrogen and oxygen atoms in total. The van der Waals surface area contributed by atoms with Crippen LogP contribution in [0.4, 0.5) is 0 Å². The average molecular weight is 247 g/mol. The van der Waals surface area contributed by atoms with Crippen molar-refractivity contribution in [3.63, 3.8) is 0 Å². The molecule has 0 aliphatic heterocycles. The zero-order valence-corrected chi connectivity index (χ0v) is 9.92. The van der Waals surface area contributed by atoms with Crippen molar-refractivity contribution in [3.05, 3.63) is 0 Å². The van der Waals surface area contributed by atoms with Crippen molar-refractivity contribution >= 4 is 15.9 Å². The minimum atomic E-state index is 0.501. The van der Waals surface area contributed by atoms with Crippen LogP contribution < -0.4 is 0 Å². The van der Waals surface area contributed by atoms with Gasteiger partial charge in [0.1, 0.15) is 0 Å². The Morgan fingerprint density at radius 3 is 2.62 bits per heavy atom. The van der Waals surface area contributed by atoms with E-state index in [2.05, 4.69) is 22.9 Å². The molecule has 2 fully saturated rings. The van der Waals surface area contributed by atoms with Gasteiger partial charge in [-0.05, 0) is 43.9 Å². The van der Waals surface area contributed by atoms with Crippen molar-refractivity contribution < 1.29 is 4.74 Å². The highest BCUT2D eigenvalue weighted by atomic mass is 79.9. The molecule has 2 aliphatic carbocycles. The molecule has 3 atom stereocenters. The predicted octanol–water partition coefficient (Wildman–Crippen LogP) is 3.37. The van der Waals surface area contributed by atoms with E-state index in [0.717, 1.165) is 18.4 Å². The van der Waals surface area contributed by atoms with Gasteiger partial charge < -0.3 is 4.74 Å². The first-order valence-corrected chi connectivity index (χ1v) is 6.44. The molecule has 0 N–H and O–H groups in total. The van der Waals surface area contributed by atoms with E-state index in [1.807, 2.05) is 0 Å². The summed E-state index contributed by atoms with van der Waals surface area (Å²) in [6.07, 6.45) is 7.26. The summed E-state index contributed by atoms with van der Waals surface area (Å²) < 4.78 is 5.93. The van der Waals surface area contributed by atoms with Gasteiger partial charge in [0.05, 0.1) is 6.10 Å². The number of hydrogen-bond acceptors (Lipinski definition) is 1. The maximum Gasteiger partial charge on any atom is 0.0700 e. The molecule has 0 amide bonds. The maximum absolute atomic E-state index is 5.93. The molecule has 2 aliphatic rings. The monoisotopic (exact) mass is 246 g/mol. The van der Waals surface area contributed by atoms with Crippen LogP contribution in [0.25, 0.3) is 0 Å². The van der Waals surface area contributed by atoms with Gasteiger partial charge in [-0.1, -0.05) is 22.9 Å². The van der Waals surface area contributed by atoms with Crippen LogP contribution in [-0.2, 0) is 4.74 Å². The van der Waals surface area contributed by atoms with Crippen LogP contribution in [-0.4, -0.2) is 17.5 Å². The molecule has 2 rings (SSSR count). The highest BCUT2D eigenvalue weighted by molar-refractivity contribution is 9.09. The van der Waals surface area contributed by atoms with E-state index in [4.69, 9.17) is 4.74 Å². The highest BCUT2D eigenvalue weighted by Crippen LogP contribution is 2.37. The van der Waals surface area contributed by atoms with Crippen molar-refractivity contribution in [1.29, 1.82) is 0 Å². The van der Waals surface area contributed by atoms with E-state index in [1.54, 1.807) is 0 Å². The van der Waals surface area contributed by atoms with Gasteiger partial charge in [-0.3, -0.25) is 0 Å². The summed E-state index contributed by atoms with van der Waals surface area (Å²) in [5.41, 5.74) is 0. The maximum atomic E-state index is 5.93. The summed E-state index contributed by atoms with van der Waals surface area (Å²) in [5, 5.41) is 0. The van der Waals surface area contributed by atoms with Crippen molar-refractivity contribution in [2.45, 2.75) is 50.0 Å². The second kappa shape index (κ2) is 4.31. The van der Waals surface area contributed by atoms with Crippen LogP contribution in [0.2, 0.25) is 0 Å². The van der Waals surface area contributed by atoms with Gasteiger partial charge in [0.2, 0.25) is 0 Å². The van der Waals surface area contributed by atoms with E-state index in [0.29, 0.717) is 10.9 Å². The quantitative estimate of drug-likeness (QED) is 0.692. The smallest absolute Gasteiger partial charge is 0.0700 e. The van der Waals surface area contributed by atoms with Gasteiger partial charge >= 0.3 is 0 Å². The predicted molar refractivity (Wildman–Crippen MR) is 58.2 cm³/mol. The van der Waals surface area contributed by atoms with Crippen LogP contribution in [0.15, 0.2) is 0 Å². The zero-order valence-electron chi connectivity index (χ0n) is 8.34. The van der Waals surface area contributed by atoms with E-state index in [9.17, 15) is 0 Å². The molecule has 0 aromatic heterocycles. The Morgan fingerprint density at radius 2 is 2.08 bits per heavy atom. The largest absolute Gasteiger partial charge is 0.377 e. The zero-order chi connectivity index (χ0) is 9.26. The normalized spacial score (nSPS) is 36.5. The molecule has 3 unspecified atom stereocenters. The molecule has 0 bridgehead atoms. The van der Waals surface area contributed by atoms with E-state index in [-0.39, 0.29) is 0 Å². The third-order valence-electron chi connectivity index (χ3n) is 3.37. The molecule has 76 valence electrons. The first-order valence-electron chi connectivity index (χ1n) is 5.53. The Balaban J connectivity index is 1.66. The molecule has 2 saturated carbocycles. The van der Waals surface area contributed by atoms with Gasteiger partial charge in [0.25, 0.3) is 0 Å². The SMILES string of the molecule is CC(COC1CCCC1Br)C1CC1. The van der Waals surface area contributed by atoms with Crippen LogP contribution in [0.1, 0.15) is 39.0 Å². The van der Waals surface area contributed by atoms with E-state index < -0.39 is 0 Å². The summed E-state index contributed by atoms with van der Waals surface area (Å²) in [6.45, 7) is 3.31. The summed E-state index contributed by atoms with van der Waals surface area (Å²) in [4.78, 5) is 0.624. The van der Waals surface area contributed by atoms with Crippen molar-refractivity contribution in [2.75, 3.05) is 6.61 Å². The molecular weight excluding hydrogens is 228 g/mol. The summed E-state index contributed by atoms with van der Waals surface area (Å²) >= 11 is 3.68. The van der Waals surface area contributed by atoms with E-state index >= 15 is 0 Å². The molecule has 0 radical (unpaired) electrons. The third kappa shape index (κ3) is 2.69. The summed E-state index contributed by atoms with van der Waals surface area (Å²) in [5.74, 6) is 1.77. The first kappa shape index (κ1) is 9.97. The van der Waals surface area contributed by atoms with Crippen LogP contribution in [0, 0.1) is 11.8 Å². The van der Waals surface area contributed by atoms with Gasteiger partial charge in [0.15, 0.2) is 0 Å². The molecule has 2 heteroatoms. The fourth-order valence-electron chi connectivity index (χ4n) is 2.15. The minimum absolute atomic E-state index is 0.501. The van der Waals surface area contributed by atoms with E-state index in [1.165, 1.54) is 32.1 Å². The molecular formula is C11H19BrO. The average Bonchev–Trinajstić information content (AvgIpc) is 2.88.